The molecule has 8 heteroatoms. The van der Waals surface area contributed by atoms with Gasteiger partial charge in [0.25, 0.3) is 5.56 Å². The molecule has 0 N–H and O–H groups in total. The zero-order valence-electron chi connectivity index (χ0n) is 12.9. The number of morpholine rings is 1. The minimum atomic E-state index is -0.104. The van der Waals surface area contributed by atoms with Crippen LogP contribution in [0.4, 0.5) is 0 Å². The number of hydrogen-bond donors (Lipinski definition) is 0. The van der Waals surface area contributed by atoms with Crippen LogP contribution in [0.2, 0.25) is 0 Å². The summed E-state index contributed by atoms with van der Waals surface area (Å²) in [6.07, 6.45) is 8.02. The van der Waals surface area contributed by atoms with E-state index in [9.17, 15) is 4.79 Å². The lowest BCUT2D eigenvalue weighted by atomic mass is 9.90. The first-order valence-corrected chi connectivity index (χ1v) is 8.10. The summed E-state index contributed by atoms with van der Waals surface area (Å²) in [5.74, 6) is 0.593. The summed E-state index contributed by atoms with van der Waals surface area (Å²) in [5, 5.41) is 8.49. The van der Waals surface area contributed by atoms with Crippen molar-refractivity contribution in [1.82, 2.24) is 29.4 Å². The van der Waals surface area contributed by atoms with Gasteiger partial charge in [0.2, 0.25) is 0 Å². The molecule has 2 aliphatic rings. The van der Waals surface area contributed by atoms with Crippen molar-refractivity contribution in [2.75, 3.05) is 13.2 Å². The van der Waals surface area contributed by atoms with Crippen LogP contribution in [-0.2, 0) is 11.4 Å². The molecule has 0 bridgehead atoms. The largest absolute Gasteiger partial charge is 0.375 e. The smallest absolute Gasteiger partial charge is 0.268 e. The first-order chi connectivity index (χ1) is 11.3. The number of rotatable bonds is 3. The fraction of sp³-hybridized carbons (Fsp3) is 0.600. The molecule has 2 aromatic rings. The zero-order valence-corrected chi connectivity index (χ0v) is 12.9. The first-order valence-electron chi connectivity index (χ1n) is 8.10. The normalized spacial score (nSPS) is 25.2. The molecule has 0 spiro atoms. The number of aromatic nitrogens is 5. The highest BCUT2D eigenvalue weighted by Gasteiger charge is 2.34. The van der Waals surface area contributed by atoms with Crippen LogP contribution in [0.5, 0.6) is 0 Å². The van der Waals surface area contributed by atoms with Crippen molar-refractivity contribution in [1.29, 1.82) is 0 Å². The molecule has 0 amide bonds. The number of ether oxygens (including phenoxy) is 1. The van der Waals surface area contributed by atoms with E-state index in [0.29, 0.717) is 24.6 Å². The lowest BCUT2D eigenvalue weighted by Crippen LogP contribution is -2.53. The van der Waals surface area contributed by atoms with E-state index < -0.39 is 0 Å². The fourth-order valence-electron chi connectivity index (χ4n) is 3.51. The van der Waals surface area contributed by atoms with Gasteiger partial charge in [-0.05, 0) is 18.9 Å². The molecule has 8 nitrogen and oxygen atoms in total. The Morgan fingerprint density at radius 1 is 1.26 bits per heavy atom. The number of fused-ring (bicyclic) bond motifs is 1. The molecule has 1 aliphatic carbocycles. The van der Waals surface area contributed by atoms with Crippen LogP contribution in [0.25, 0.3) is 5.82 Å². The van der Waals surface area contributed by atoms with Crippen LogP contribution in [-0.4, -0.2) is 54.7 Å². The van der Waals surface area contributed by atoms with E-state index in [0.717, 1.165) is 26.0 Å². The third-order valence-corrected chi connectivity index (χ3v) is 4.67. The van der Waals surface area contributed by atoms with Gasteiger partial charge in [-0.1, -0.05) is 12.8 Å². The molecule has 1 saturated carbocycles. The van der Waals surface area contributed by atoms with E-state index in [-0.39, 0.29) is 5.56 Å². The second-order valence-corrected chi connectivity index (χ2v) is 6.08. The summed E-state index contributed by atoms with van der Waals surface area (Å²) in [4.78, 5) is 18.4. The maximum Gasteiger partial charge on any atom is 0.268 e. The van der Waals surface area contributed by atoms with Crippen LogP contribution in [0.1, 0.15) is 25.7 Å². The predicted octanol–water partition coefficient (Wildman–Crippen LogP) is 0.425. The molecule has 23 heavy (non-hydrogen) atoms. The summed E-state index contributed by atoms with van der Waals surface area (Å²) < 4.78 is 8.95. The van der Waals surface area contributed by atoms with Gasteiger partial charge in [0.05, 0.1) is 19.4 Å². The second-order valence-electron chi connectivity index (χ2n) is 6.08. The van der Waals surface area contributed by atoms with Gasteiger partial charge in [0, 0.05) is 18.7 Å². The number of nitrogens with zero attached hydrogens (tertiary/aromatic N) is 6. The summed E-state index contributed by atoms with van der Waals surface area (Å²) in [6.45, 7) is 2.05. The molecule has 0 unspecified atom stereocenters. The van der Waals surface area contributed by atoms with Crippen molar-refractivity contribution in [2.24, 2.45) is 0 Å². The van der Waals surface area contributed by atoms with Crippen LogP contribution in [0.15, 0.2) is 29.6 Å². The van der Waals surface area contributed by atoms with E-state index in [1.54, 1.807) is 17.1 Å². The molecule has 4 rings (SSSR count). The highest BCUT2D eigenvalue weighted by atomic mass is 16.5. The molecule has 1 saturated heterocycles. The fourth-order valence-corrected chi connectivity index (χ4v) is 3.51. The molecule has 2 atom stereocenters. The summed E-state index contributed by atoms with van der Waals surface area (Å²) in [6, 6.07) is 3.58. The van der Waals surface area contributed by atoms with Gasteiger partial charge in [-0.2, -0.15) is 5.10 Å². The van der Waals surface area contributed by atoms with Crippen molar-refractivity contribution in [3.8, 4) is 5.82 Å². The molecule has 2 aromatic heterocycles. The van der Waals surface area contributed by atoms with Crippen LogP contribution in [0, 0.1) is 0 Å². The van der Waals surface area contributed by atoms with E-state index in [1.807, 2.05) is 0 Å². The van der Waals surface area contributed by atoms with Crippen molar-refractivity contribution in [3.63, 3.8) is 0 Å². The van der Waals surface area contributed by atoms with E-state index >= 15 is 0 Å². The van der Waals surface area contributed by atoms with E-state index in [1.165, 1.54) is 29.9 Å². The molecule has 2 fully saturated rings. The monoisotopic (exact) mass is 316 g/mol. The SMILES string of the molecule is O=c1ccc(-n2cncn2)nn1CN1CCO[C@@H]2CCCC[C@H]21. The minimum Gasteiger partial charge on any atom is -0.375 e. The maximum absolute atomic E-state index is 12.2. The van der Waals surface area contributed by atoms with E-state index in [2.05, 4.69) is 20.1 Å². The third-order valence-electron chi connectivity index (χ3n) is 4.67. The Bertz CT molecular complexity index is 711. The molecular weight excluding hydrogens is 296 g/mol. The Balaban J connectivity index is 1.58. The van der Waals surface area contributed by atoms with Gasteiger partial charge >= 0.3 is 0 Å². The Kier molecular flexibility index (Phi) is 3.92. The highest BCUT2D eigenvalue weighted by molar-refractivity contribution is 5.16. The Morgan fingerprint density at radius 2 is 2.17 bits per heavy atom. The Labute approximate surface area is 133 Å². The van der Waals surface area contributed by atoms with Gasteiger partial charge in [0.15, 0.2) is 5.82 Å². The average Bonchev–Trinajstić information content (AvgIpc) is 3.12. The lowest BCUT2D eigenvalue weighted by molar-refractivity contribution is -0.0996. The van der Waals surface area contributed by atoms with Crippen LogP contribution < -0.4 is 5.56 Å². The molecular formula is C15H20N6O2. The summed E-state index contributed by atoms with van der Waals surface area (Å²) in [5.41, 5.74) is -0.104. The molecule has 1 aliphatic heterocycles. The van der Waals surface area contributed by atoms with Gasteiger partial charge in [-0.3, -0.25) is 9.69 Å². The van der Waals surface area contributed by atoms with Crippen LogP contribution in [0.3, 0.4) is 0 Å². The van der Waals surface area contributed by atoms with Gasteiger partial charge < -0.3 is 4.74 Å². The van der Waals surface area contributed by atoms with Crippen molar-refractivity contribution in [3.05, 3.63) is 35.1 Å². The topological polar surface area (TPSA) is 78.1 Å². The summed E-state index contributed by atoms with van der Waals surface area (Å²) in [7, 11) is 0. The minimum absolute atomic E-state index is 0.104. The maximum atomic E-state index is 12.2. The second kappa shape index (κ2) is 6.21. The molecule has 0 aromatic carbocycles. The molecule has 0 radical (unpaired) electrons. The molecule has 3 heterocycles. The third kappa shape index (κ3) is 2.91. The van der Waals surface area contributed by atoms with Crippen molar-refractivity contribution < 1.29 is 4.74 Å². The quantitative estimate of drug-likeness (QED) is 0.817. The Morgan fingerprint density at radius 3 is 3.04 bits per heavy atom. The zero-order chi connectivity index (χ0) is 15.6. The Hall–Kier alpha value is -2.06. The lowest BCUT2D eigenvalue weighted by Gasteiger charge is -2.43. The predicted molar refractivity (Wildman–Crippen MR) is 82.1 cm³/mol. The van der Waals surface area contributed by atoms with Crippen LogP contribution >= 0.6 is 0 Å². The van der Waals surface area contributed by atoms with Gasteiger partial charge in [-0.15, -0.1) is 5.10 Å². The highest BCUT2D eigenvalue weighted by Crippen LogP contribution is 2.28. The van der Waals surface area contributed by atoms with Crippen molar-refractivity contribution in [2.45, 2.75) is 44.5 Å². The van der Waals surface area contributed by atoms with Gasteiger partial charge in [0.1, 0.15) is 12.7 Å². The number of hydrogen-bond acceptors (Lipinski definition) is 6. The standard InChI is InChI=1S/C15H20N6O2/c22-15-6-5-14(20-10-16-9-17-20)18-21(15)11-19-7-8-23-13-4-2-1-3-12(13)19/h5-6,9-10,12-13H,1-4,7-8,11H2/t12-,13-/m1/s1. The average molecular weight is 316 g/mol. The first kappa shape index (κ1) is 14.5. The van der Waals surface area contributed by atoms with Crippen molar-refractivity contribution >= 4 is 0 Å². The van der Waals surface area contributed by atoms with E-state index in [4.69, 9.17) is 4.74 Å². The molecule has 122 valence electrons. The summed E-state index contributed by atoms with van der Waals surface area (Å²) >= 11 is 0. The van der Waals surface area contributed by atoms with Gasteiger partial charge in [-0.25, -0.2) is 14.3 Å².